The SMILES string of the molecule is CN1C=CN(C)C1.C[C]1[C](C)[C](C)[C](CCN(C)C)[C]1C.[Cl][Ir+][Cl]. The summed E-state index contributed by atoms with van der Waals surface area (Å²) in [7, 11) is 18.2. The second kappa shape index (κ2) is 12.8. The average molecular weight is 554 g/mol. The van der Waals surface area contributed by atoms with Gasteiger partial charge >= 0.3 is 34.8 Å². The molecule has 0 bridgehead atoms. The van der Waals surface area contributed by atoms with Gasteiger partial charge < -0.3 is 14.7 Å². The molecule has 5 radical (unpaired) electrons. The zero-order chi connectivity index (χ0) is 18.9. The Morgan fingerprint density at radius 1 is 0.917 bits per heavy atom. The van der Waals surface area contributed by atoms with E-state index >= 15 is 0 Å². The molecule has 2 rings (SSSR count). The van der Waals surface area contributed by atoms with E-state index in [4.69, 9.17) is 19.2 Å². The molecule has 6 heteroatoms. The van der Waals surface area contributed by atoms with Gasteiger partial charge in [0.2, 0.25) is 0 Å². The Hall–Kier alpha value is 0.529. The van der Waals surface area contributed by atoms with Gasteiger partial charge in [0.1, 0.15) is 0 Å². The molecule has 0 spiro atoms. The Kier molecular flexibility index (Phi) is 13.1. The van der Waals surface area contributed by atoms with Crippen molar-refractivity contribution in [1.29, 1.82) is 0 Å². The van der Waals surface area contributed by atoms with E-state index in [2.05, 4.69) is 83.0 Å². The van der Waals surface area contributed by atoms with Gasteiger partial charge in [0, 0.05) is 26.5 Å². The maximum atomic E-state index is 4.89. The molecule has 0 unspecified atom stereocenters. The summed E-state index contributed by atoms with van der Waals surface area (Å²) >= 11 is -0.556. The summed E-state index contributed by atoms with van der Waals surface area (Å²) in [6.07, 6.45) is 5.29. The molecular weight excluding hydrogens is 521 g/mol. The first-order chi connectivity index (χ1) is 11.1. The molecule has 1 fully saturated rings. The second-order valence-corrected chi connectivity index (χ2v) is 9.99. The van der Waals surface area contributed by atoms with Crippen LogP contribution in [0, 0.1) is 29.6 Å². The summed E-state index contributed by atoms with van der Waals surface area (Å²) < 4.78 is 0. The molecule has 0 amide bonds. The summed E-state index contributed by atoms with van der Waals surface area (Å²) in [6.45, 7) is 11.1. The topological polar surface area (TPSA) is 9.72 Å². The second-order valence-electron chi connectivity index (χ2n) is 6.53. The van der Waals surface area contributed by atoms with E-state index in [9.17, 15) is 0 Å². The molecule has 0 aromatic rings. The molecule has 2 aliphatic rings. The van der Waals surface area contributed by atoms with Crippen LogP contribution in [0.2, 0.25) is 0 Å². The van der Waals surface area contributed by atoms with Gasteiger partial charge in [-0.1, -0.05) is 27.7 Å². The van der Waals surface area contributed by atoms with Crippen LogP contribution < -0.4 is 0 Å². The summed E-state index contributed by atoms with van der Waals surface area (Å²) in [5.41, 5.74) is 0. The van der Waals surface area contributed by atoms with Crippen LogP contribution in [0.15, 0.2) is 12.4 Å². The molecule has 1 heterocycles. The molecule has 0 aromatic carbocycles. The molecule has 141 valence electrons. The van der Waals surface area contributed by atoms with Crippen molar-refractivity contribution in [2.75, 3.05) is 41.4 Å². The first-order valence-electron chi connectivity index (χ1n) is 7.94. The van der Waals surface area contributed by atoms with Crippen LogP contribution in [0.5, 0.6) is 0 Å². The number of hydrogen-bond acceptors (Lipinski definition) is 3. The summed E-state index contributed by atoms with van der Waals surface area (Å²) in [5, 5.41) is 0. The van der Waals surface area contributed by atoms with Crippen LogP contribution in [-0.4, -0.2) is 56.1 Å². The first kappa shape index (κ1) is 24.5. The molecular formula is C18H32Cl2IrN3+. The standard InChI is InChI=1S/C13H22N.C5H10N2.2ClH.Ir/c1-9-10(2)12(4)13(11(9)3)7-8-14(5)6;1-6-3-4-7(2)5-6;;;/h7-8H2,1-6H3;3-4H,5H2,1-2H3;2*1H;/q;;;;+3/p-2. The van der Waals surface area contributed by atoms with E-state index in [0.29, 0.717) is 0 Å². The van der Waals surface area contributed by atoms with Crippen molar-refractivity contribution < 1.29 is 15.7 Å². The molecule has 3 nitrogen and oxygen atoms in total. The average Bonchev–Trinajstić information content (AvgIpc) is 2.96. The Morgan fingerprint density at radius 2 is 1.29 bits per heavy atom. The van der Waals surface area contributed by atoms with Crippen LogP contribution in [-0.2, 0) is 15.7 Å². The van der Waals surface area contributed by atoms with Gasteiger partial charge in [0.05, 0.1) is 6.67 Å². The van der Waals surface area contributed by atoms with Crippen molar-refractivity contribution in [1.82, 2.24) is 14.7 Å². The molecule has 0 atom stereocenters. The number of nitrogens with zero attached hydrogens (tertiary/aromatic N) is 3. The van der Waals surface area contributed by atoms with Crippen molar-refractivity contribution >= 4 is 19.2 Å². The summed E-state index contributed by atoms with van der Waals surface area (Å²) in [4.78, 5) is 6.50. The van der Waals surface area contributed by atoms with E-state index in [1.165, 1.54) is 30.1 Å². The van der Waals surface area contributed by atoms with Gasteiger partial charge in [-0.2, -0.15) is 0 Å². The van der Waals surface area contributed by atoms with Gasteiger partial charge in [-0.15, -0.1) is 0 Å². The van der Waals surface area contributed by atoms with Crippen LogP contribution in [0.25, 0.3) is 0 Å². The number of halogens is 2. The van der Waals surface area contributed by atoms with Crippen LogP contribution in [0.4, 0.5) is 0 Å². The van der Waals surface area contributed by atoms with Gasteiger partial charge in [0.25, 0.3) is 0 Å². The molecule has 0 aromatic heterocycles. The molecule has 0 saturated heterocycles. The Morgan fingerprint density at radius 3 is 1.54 bits per heavy atom. The molecule has 1 saturated carbocycles. The van der Waals surface area contributed by atoms with Crippen molar-refractivity contribution in [3.63, 3.8) is 0 Å². The van der Waals surface area contributed by atoms with E-state index < -0.39 is 15.7 Å². The third kappa shape index (κ3) is 8.76. The summed E-state index contributed by atoms with van der Waals surface area (Å²) in [6, 6.07) is 0. The van der Waals surface area contributed by atoms with Crippen molar-refractivity contribution in [2.45, 2.75) is 34.1 Å². The molecule has 1 aliphatic carbocycles. The third-order valence-electron chi connectivity index (χ3n) is 4.42. The monoisotopic (exact) mass is 553 g/mol. The van der Waals surface area contributed by atoms with Gasteiger partial charge in [0.15, 0.2) is 0 Å². The van der Waals surface area contributed by atoms with E-state index in [1.54, 1.807) is 5.92 Å². The van der Waals surface area contributed by atoms with Crippen molar-refractivity contribution in [2.24, 2.45) is 0 Å². The van der Waals surface area contributed by atoms with E-state index in [1.807, 2.05) is 0 Å². The van der Waals surface area contributed by atoms with Crippen molar-refractivity contribution in [3.05, 3.63) is 42.0 Å². The maximum absolute atomic E-state index is 4.89. The molecule has 24 heavy (non-hydrogen) atoms. The Labute approximate surface area is 166 Å². The third-order valence-corrected chi connectivity index (χ3v) is 4.42. The fourth-order valence-electron chi connectivity index (χ4n) is 2.68. The zero-order valence-electron chi connectivity index (χ0n) is 16.2. The fraction of sp³-hybridized carbons (Fsp3) is 0.611. The quantitative estimate of drug-likeness (QED) is 0.507. The van der Waals surface area contributed by atoms with E-state index in [0.717, 1.165) is 13.2 Å². The van der Waals surface area contributed by atoms with Crippen LogP contribution in [0.1, 0.15) is 34.1 Å². The van der Waals surface area contributed by atoms with Crippen molar-refractivity contribution in [3.8, 4) is 0 Å². The Bertz CT molecular complexity index is 331. The number of hydrogen-bond donors (Lipinski definition) is 0. The van der Waals surface area contributed by atoms with Gasteiger partial charge in [-0.05, 0) is 56.7 Å². The van der Waals surface area contributed by atoms with Gasteiger partial charge in [-0.3, -0.25) is 0 Å². The van der Waals surface area contributed by atoms with Gasteiger partial charge in [-0.25, -0.2) is 0 Å². The normalized spacial score (nSPS) is 20.6. The van der Waals surface area contributed by atoms with E-state index in [-0.39, 0.29) is 0 Å². The number of rotatable bonds is 3. The first-order valence-corrected chi connectivity index (χ1v) is 13.9. The summed E-state index contributed by atoms with van der Waals surface area (Å²) in [5.74, 6) is 7.53. The predicted molar refractivity (Wildman–Crippen MR) is 103 cm³/mol. The minimum absolute atomic E-state index is 0.556. The predicted octanol–water partition coefficient (Wildman–Crippen LogP) is 4.57. The Balaban J connectivity index is 0.000000439. The van der Waals surface area contributed by atoms with Crippen LogP contribution >= 0.6 is 19.2 Å². The minimum atomic E-state index is -0.556. The molecule has 0 N–H and O–H groups in total. The van der Waals surface area contributed by atoms with Crippen LogP contribution in [0.3, 0.4) is 0 Å². The zero-order valence-corrected chi connectivity index (χ0v) is 20.1. The fourth-order valence-corrected chi connectivity index (χ4v) is 2.68. The molecule has 1 aliphatic heterocycles.